The molecule has 1 amide bonds. The van der Waals surface area contributed by atoms with Gasteiger partial charge in [0.15, 0.2) is 0 Å². The number of carbonyl (C=O) groups excluding carboxylic acids is 1. The third-order valence-electron chi connectivity index (χ3n) is 2.48. The molecular formula is C13H21ClN2O3. The molecule has 0 aromatic heterocycles. The topological polar surface area (TPSA) is 59.6 Å². The van der Waals surface area contributed by atoms with Gasteiger partial charge >= 0.3 is 0 Å². The van der Waals surface area contributed by atoms with Gasteiger partial charge in [-0.25, -0.2) is 0 Å². The van der Waals surface area contributed by atoms with Gasteiger partial charge in [0.2, 0.25) is 5.91 Å². The molecule has 0 atom stereocenters. The van der Waals surface area contributed by atoms with Gasteiger partial charge in [-0.15, -0.1) is 12.4 Å². The molecule has 5 nitrogen and oxygen atoms in total. The molecule has 1 aromatic rings. The molecule has 2 N–H and O–H groups in total. The third kappa shape index (κ3) is 6.42. The second-order valence-electron chi connectivity index (χ2n) is 3.90. The van der Waals surface area contributed by atoms with E-state index < -0.39 is 0 Å². The van der Waals surface area contributed by atoms with Gasteiger partial charge in [-0.1, -0.05) is 0 Å². The molecule has 0 unspecified atom stereocenters. The molecule has 0 bridgehead atoms. The molecule has 108 valence electrons. The van der Waals surface area contributed by atoms with Gasteiger partial charge in [0.05, 0.1) is 20.3 Å². The molecule has 0 radical (unpaired) electrons. The van der Waals surface area contributed by atoms with Crippen LogP contribution in [0.2, 0.25) is 0 Å². The highest BCUT2D eigenvalue weighted by Gasteiger charge is 2.05. The number of methoxy groups -OCH3 is 2. The van der Waals surface area contributed by atoms with Crippen LogP contribution in [-0.2, 0) is 9.53 Å². The minimum atomic E-state index is -0.0700. The van der Waals surface area contributed by atoms with E-state index in [0.29, 0.717) is 13.2 Å². The van der Waals surface area contributed by atoms with E-state index >= 15 is 0 Å². The van der Waals surface area contributed by atoms with Crippen LogP contribution in [-0.4, -0.2) is 39.8 Å². The number of ether oxygens (including phenoxy) is 2. The minimum Gasteiger partial charge on any atom is -0.497 e. The Hall–Kier alpha value is -1.30. The molecule has 0 aliphatic heterocycles. The number of nitrogens with one attached hydrogen (secondary N) is 2. The molecule has 0 fully saturated rings. The Morgan fingerprint density at radius 1 is 1.32 bits per heavy atom. The van der Waals surface area contributed by atoms with Gasteiger partial charge in [-0.2, -0.15) is 0 Å². The summed E-state index contributed by atoms with van der Waals surface area (Å²) < 4.78 is 9.99. The van der Waals surface area contributed by atoms with E-state index in [2.05, 4.69) is 10.6 Å². The van der Waals surface area contributed by atoms with Gasteiger partial charge in [-0.05, 0) is 30.7 Å². The summed E-state index contributed by atoms with van der Waals surface area (Å²) in [6, 6.07) is 5.54. The zero-order valence-electron chi connectivity index (χ0n) is 11.5. The highest BCUT2D eigenvalue weighted by molar-refractivity contribution is 5.93. The maximum atomic E-state index is 11.6. The lowest BCUT2D eigenvalue weighted by Crippen LogP contribution is -2.30. The van der Waals surface area contributed by atoms with E-state index in [1.54, 1.807) is 14.2 Å². The Morgan fingerprint density at radius 2 is 2.05 bits per heavy atom. The van der Waals surface area contributed by atoms with E-state index in [0.717, 1.165) is 17.0 Å². The summed E-state index contributed by atoms with van der Waals surface area (Å²) >= 11 is 0. The SMILES string of the molecule is COCCNCC(=O)Nc1ccc(OC)cc1C.Cl. The largest absolute Gasteiger partial charge is 0.497 e. The van der Waals surface area contributed by atoms with Crippen LogP contribution in [0.4, 0.5) is 5.69 Å². The van der Waals surface area contributed by atoms with Crippen molar-refractivity contribution in [3.8, 4) is 5.75 Å². The van der Waals surface area contributed by atoms with Crippen molar-refractivity contribution in [1.82, 2.24) is 5.32 Å². The predicted molar refractivity (Wildman–Crippen MR) is 78.4 cm³/mol. The van der Waals surface area contributed by atoms with E-state index in [4.69, 9.17) is 9.47 Å². The van der Waals surface area contributed by atoms with Crippen molar-refractivity contribution in [3.63, 3.8) is 0 Å². The van der Waals surface area contributed by atoms with E-state index in [-0.39, 0.29) is 24.9 Å². The zero-order valence-corrected chi connectivity index (χ0v) is 12.3. The van der Waals surface area contributed by atoms with Crippen LogP contribution in [0.1, 0.15) is 5.56 Å². The molecule has 0 saturated heterocycles. The van der Waals surface area contributed by atoms with Crippen molar-refractivity contribution >= 4 is 24.0 Å². The minimum absolute atomic E-state index is 0. The molecule has 0 aliphatic rings. The highest BCUT2D eigenvalue weighted by atomic mass is 35.5. The smallest absolute Gasteiger partial charge is 0.238 e. The number of anilines is 1. The highest BCUT2D eigenvalue weighted by Crippen LogP contribution is 2.20. The monoisotopic (exact) mass is 288 g/mol. The number of rotatable bonds is 7. The molecule has 19 heavy (non-hydrogen) atoms. The number of amides is 1. The Kier molecular flexibility index (Phi) is 8.95. The van der Waals surface area contributed by atoms with Gasteiger partial charge in [-0.3, -0.25) is 4.79 Å². The fraction of sp³-hybridized carbons (Fsp3) is 0.462. The molecule has 0 saturated carbocycles. The molecule has 1 rings (SSSR count). The standard InChI is InChI=1S/C13H20N2O3.ClH/c1-10-8-11(18-3)4-5-12(10)15-13(16)9-14-6-7-17-2;/h4-5,8,14H,6-7,9H2,1-3H3,(H,15,16);1H. The van der Waals surface area contributed by atoms with Crippen LogP contribution in [0.15, 0.2) is 18.2 Å². The quantitative estimate of drug-likeness (QED) is 0.748. The summed E-state index contributed by atoms with van der Waals surface area (Å²) in [6.45, 7) is 3.45. The zero-order chi connectivity index (χ0) is 13.4. The second kappa shape index (κ2) is 9.61. The average Bonchev–Trinajstić information content (AvgIpc) is 2.37. The van der Waals surface area contributed by atoms with Gasteiger partial charge in [0.25, 0.3) is 0 Å². The Balaban J connectivity index is 0.00000324. The van der Waals surface area contributed by atoms with Crippen molar-refractivity contribution in [2.75, 3.05) is 39.2 Å². The van der Waals surface area contributed by atoms with E-state index in [9.17, 15) is 4.79 Å². The van der Waals surface area contributed by atoms with Crippen LogP contribution >= 0.6 is 12.4 Å². The van der Waals surface area contributed by atoms with E-state index in [1.807, 2.05) is 25.1 Å². The summed E-state index contributed by atoms with van der Waals surface area (Å²) in [5.74, 6) is 0.711. The number of aryl methyl sites for hydroxylation is 1. The fourth-order valence-corrected chi connectivity index (χ4v) is 1.47. The van der Waals surface area contributed by atoms with Crippen LogP contribution in [0.5, 0.6) is 5.75 Å². The third-order valence-corrected chi connectivity index (χ3v) is 2.48. The summed E-state index contributed by atoms with van der Waals surface area (Å²) in [6.07, 6.45) is 0. The lowest BCUT2D eigenvalue weighted by Gasteiger charge is -2.10. The Labute approximate surface area is 120 Å². The van der Waals surface area contributed by atoms with E-state index in [1.165, 1.54) is 0 Å². The first-order valence-corrected chi connectivity index (χ1v) is 5.81. The van der Waals surface area contributed by atoms with Crippen molar-refractivity contribution in [2.24, 2.45) is 0 Å². The Bertz CT molecular complexity index is 399. The maximum absolute atomic E-state index is 11.6. The molecule has 0 spiro atoms. The van der Waals surface area contributed by atoms with Crippen LogP contribution in [0, 0.1) is 6.92 Å². The van der Waals surface area contributed by atoms with Gasteiger partial charge in [0.1, 0.15) is 5.75 Å². The lowest BCUT2D eigenvalue weighted by molar-refractivity contribution is -0.115. The average molecular weight is 289 g/mol. The Morgan fingerprint density at radius 3 is 2.63 bits per heavy atom. The van der Waals surface area contributed by atoms with Crippen LogP contribution in [0.25, 0.3) is 0 Å². The summed E-state index contributed by atoms with van der Waals surface area (Å²) in [5.41, 5.74) is 1.77. The number of hydrogen-bond donors (Lipinski definition) is 2. The van der Waals surface area contributed by atoms with Crippen LogP contribution in [0.3, 0.4) is 0 Å². The fourth-order valence-electron chi connectivity index (χ4n) is 1.47. The normalized spacial score (nSPS) is 9.63. The van der Waals surface area contributed by atoms with Gasteiger partial charge in [0, 0.05) is 19.3 Å². The van der Waals surface area contributed by atoms with Crippen molar-refractivity contribution < 1.29 is 14.3 Å². The molecular weight excluding hydrogens is 268 g/mol. The number of benzene rings is 1. The number of halogens is 1. The summed E-state index contributed by atoms with van der Waals surface area (Å²) in [7, 11) is 3.25. The lowest BCUT2D eigenvalue weighted by atomic mass is 10.2. The first-order valence-electron chi connectivity index (χ1n) is 5.81. The number of carbonyl (C=O) groups is 1. The molecule has 0 aliphatic carbocycles. The van der Waals surface area contributed by atoms with Crippen molar-refractivity contribution in [2.45, 2.75) is 6.92 Å². The molecule has 6 heteroatoms. The van der Waals surface area contributed by atoms with Crippen LogP contribution < -0.4 is 15.4 Å². The maximum Gasteiger partial charge on any atom is 0.238 e. The summed E-state index contributed by atoms with van der Waals surface area (Å²) in [4.78, 5) is 11.6. The van der Waals surface area contributed by atoms with Gasteiger partial charge < -0.3 is 20.1 Å². The predicted octanol–water partition coefficient (Wildman–Crippen LogP) is 1.60. The first-order chi connectivity index (χ1) is 8.67. The summed E-state index contributed by atoms with van der Waals surface area (Å²) in [5, 5.41) is 5.83. The van der Waals surface area contributed by atoms with Crippen molar-refractivity contribution in [3.05, 3.63) is 23.8 Å². The van der Waals surface area contributed by atoms with Crippen molar-refractivity contribution in [1.29, 1.82) is 0 Å². The second-order valence-corrected chi connectivity index (χ2v) is 3.90. The number of hydrogen-bond acceptors (Lipinski definition) is 4. The first kappa shape index (κ1) is 17.7. The molecule has 0 heterocycles. The molecule has 1 aromatic carbocycles.